The summed E-state index contributed by atoms with van der Waals surface area (Å²) in [5, 5.41) is 6.31. The van der Waals surface area contributed by atoms with Gasteiger partial charge in [0.2, 0.25) is 0 Å². The third kappa shape index (κ3) is 2.55. The number of benzene rings is 2. The number of amides is 3. The molecular formula is C19H13N3O4. The molecule has 2 heterocycles. The van der Waals surface area contributed by atoms with Crippen molar-refractivity contribution in [2.24, 2.45) is 0 Å². The molecule has 0 spiro atoms. The minimum atomic E-state index is -0.420. The van der Waals surface area contributed by atoms with Crippen molar-refractivity contribution in [3.8, 4) is 0 Å². The third-order valence-corrected chi connectivity index (χ3v) is 4.03. The zero-order valence-electron chi connectivity index (χ0n) is 13.7. The largest absolute Gasteiger partial charge is 0.360 e. The van der Waals surface area contributed by atoms with E-state index in [0.717, 1.165) is 4.90 Å². The monoisotopic (exact) mass is 347 g/mol. The number of fused-ring (bicyclic) bond motifs is 1. The first kappa shape index (κ1) is 15.8. The molecule has 7 heteroatoms. The molecule has 0 bridgehead atoms. The van der Waals surface area contributed by atoms with E-state index in [4.69, 9.17) is 4.52 Å². The van der Waals surface area contributed by atoms with Gasteiger partial charge in [-0.25, -0.2) is 4.90 Å². The van der Waals surface area contributed by atoms with E-state index in [1.807, 2.05) is 0 Å². The third-order valence-electron chi connectivity index (χ3n) is 4.03. The van der Waals surface area contributed by atoms with Crippen LogP contribution in [0.5, 0.6) is 0 Å². The highest BCUT2D eigenvalue weighted by Gasteiger charge is 2.36. The Morgan fingerprint density at radius 1 is 1.00 bits per heavy atom. The van der Waals surface area contributed by atoms with Crippen LogP contribution in [-0.2, 0) is 0 Å². The van der Waals surface area contributed by atoms with Crippen LogP contribution in [0.25, 0.3) is 0 Å². The van der Waals surface area contributed by atoms with Crippen LogP contribution in [0.1, 0.15) is 36.8 Å². The van der Waals surface area contributed by atoms with E-state index in [0.29, 0.717) is 34.0 Å². The number of hydrogen-bond acceptors (Lipinski definition) is 5. The number of hydrogen-bond donors (Lipinski definition) is 1. The molecule has 1 N–H and O–H groups in total. The van der Waals surface area contributed by atoms with Crippen LogP contribution in [0.3, 0.4) is 0 Å². The molecule has 0 unspecified atom stereocenters. The number of nitrogens with zero attached hydrogens (tertiary/aromatic N) is 2. The van der Waals surface area contributed by atoms with Crippen LogP contribution in [0, 0.1) is 6.92 Å². The Hall–Kier alpha value is -3.74. The lowest BCUT2D eigenvalue weighted by Gasteiger charge is -2.14. The summed E-state index contributed by atoms with van der Waals surface area (Å²) in [7, 11) is 0. The minimum Gasteiger partial charge on any atom is -0.360 e. The Balaban J connectivity index is 1.63. The van der Waals surface area contributed by atoms with Crippen molar-refractivity contribution in [2.45, 2.75) is 6.92 Å². The summed E-state index contributed by atoms with van der Waals surface area (Å²) in [6, 6.07) is 14.5. The number of aromatic nitrogens is 1. The summed E-state index contributed by atoms with van der Waals surface area (Å²) in [5.74, 6) is -0.374. The molecule has 0 saturated carbocycles. The molecule has 0 aliphatic carbocycles. The van der Waals surface area contributed by atoms with E-state index >= 15 is 0 Å². The van der Waals surface area contributed by atoms with Crippen LogP contribution in [0.2, 0.25) is 0 Å². The first-order valence-electron chi connectivity index (χ1n) is 7.87. The van der Waals surface area contributed by atoms with Gasteiger partial charge in [-0.15, -0.1) is 0 Å². The molecule has 7 nitrogen and oxygen atoms in total. The zero-order chi connectivity index (χ0) is 18.3. The Labute approximate surface area is 148 Å². The summed E-state index contributed by atoms with van der Waals surface area (Å²) >= 11 is 0. The Morgan fingerprint density at radius 3 is 2.31 bits per heavy atom. The minimum absolute atomic E-state index is 0.290. The van der Waals surface area contributed by atoms with Crippen molar-refractivity contribution in [1.29, 1.82) is 0 Å². The second-order valence-electron chi connectivity index (χ2n) is 5.82. The summed E-state index contributed by atoms with van der Waals surface area (Å²) in [4.78, 5) is 38.6. The van der Waals surface area contributed by atoms with Gasteiger partial charge in [0.05, 0.1) is 16.8 Å². The molecule has 3 aromatic rings. The molecule has 128 valence electrons. The quantitative estimate of drug-likeness (QED) is 0.735. The second-order valence-corrected chi connectivity index (χ2v) is 5.82. The molecular weight excluding hydrogens is 334 g/mol. The van der Waals surface area contributed by atoms with Gasteiger partial charge >= 0.3 is 0 Å². The van der Waals surface area contributed by atoms with E-state index in [1.165, 1.54) is 6.07 Å². The number of rotatable bonds is 3. The van der Waals surface area contributed by atoms with Gasteiger partial charge in [-0.3, -0.25) is 14.4 Å². The maximum atomic E-state index is 12.6. The van der Waals surface area contributed by atoms with Crippen LogP contribution in [0.4, 0.5) is 11.5 Å². The first-order chi connectivity index (χ1) is 12.5. The molecule has 4 rings (SSSR count). The fraction of sp³-hybridized carbons (Fsp3) is 0.0526. The highest BCUT2D eigenvalue weighted by Crippen LogP contribution is 2.28. The maximum Gasteiger partial charge on any atom is 0.266 e. The highest BCUT2D eigenvalue weighted by molar-refractivity contribution is 6.34. The molecule has 0 fully saturated rings. The Bertz CT molecular complexity index is 1020. The van der Waals surface area contributed by atoms with Crippen molar-refractivity contribution < 1.29 is 18.9 Å². The number of carbonyl (C=O) groups excluding carboxylic acids is 3. The molecule has 3 amide bonds. The second kappa shape index (κ2) is 5.96. The van der Waals surface area contributed by atoms with E-state index in [1.54, 1.807) is 55.5 Å². The van der Waals surface area contributed by atoms with Crippen molar-refractivity contribution in [3.63, 3.8) is 0 Å². The standard InChI is InChI=1S/C19H13N3O4/c1-11-9-16(21-26-11)20-17(23)12-5-4-6-13(10-12)22-18(24)14-7-2-3-8-15(14)19(22)25/h2-10H,1H3,(H,20,21,23). The topological polar surface area (TPSA) is 92.5 Å². The van der Waals surface area contributed by atoms with E-state index in [9.17, 15) is 14.4 Å². The number of imide groups is 1. The lowest BCUT2D eigenvalue weighted by atomic mass is 10.1. The van der Waals surface area contributed by atoms with Crippen LogP contribution in [0.15, 0.2) is 59.1 Å². The van der Waals surface area contributed by atoms with E-state index < -0.39 is 17.7 Å². The van der Waals surface area contributed by atoms with Gasteiger partial charge < -0.3 is 9.84 Å². The number of anilines is 2. The summed E-state index contributed by atoms with van der Waals surface area (Å²) in [6.07, 6.45) is 0. The van der Waals surface area contributed by atoms with E-state index in [2.05, 4.69) is 10.5 Å². The van der Waals surface area contributed by atoms with Crippen molar-refractivity contribution >= 4 is 29.2 Å². The number of carbonyl (C=O) groups is 3. The number of nitrogens with one attached hydrogen (secondary N) is 1. The van der Waals surface area contributed by atoms with Crippen molar-refractivity contribution in [2.75, 3.05) is 10.2 Å². The van der Waals surface area contributed by atoms with Crippen molar-refractivity contribution in [1.82, 2.24) is 5.16 Å². The van der Waals surface area contributed by atoms with Crippen molar-refractivity contribution in [3.05, 3.63) is 77.0 Å². The van der Waals surface area contributed by atoms with E-state index in [-0.39, 0.29) is 0 Å². The Morgan fingerprint density at radius 2 is 1.69 bits per heavy atom. The number of aryl methyl sites for hydroxylation is 1. The predicted molar refractivity (Wildman–Crippen MR) is 93.2 cm³/mol. The molecule has 1 aromatic heterocycles. The summed E-state index contributed by atoms with van der Waals surface area (Å²) < 4.78 is 4.91. The van der Waals surface area contributed by atoms with Gasteiger partial charge in [0, 0.05) is 11.6 Å². The smallest absolute Gasteiger partial charge is 0.266 e. The molecule has 0 saturated heterocycles. The molecule has 0 atom stereocenters. The van der Waals surface area contributed by atoms with Crippen LogP contribution < -0.4 is 10.2 Å². The van der Waals surface area contributed by atoms with Crippen LogP contribution in [-0.4, -0.2) is 22.9 Å². The lowest BCUT2D eigenvalue weighted by molar-refractivity contribution is 0.0924. The molecule has 2 aromatic carbocycles. The molecule has 0 radical (unpaired) electrons. The van der Waals surface area contributed by atoms with Gasteiger partial charge in [0.25, 0.3) is 17.7 Å². The van der Waals surface area contributed by atoms with Gasteiger partial charge in [-0.05, 0) is 37.3 Å². The fourth-order valence-corrected chi connectivity index (χ4v) is 2.82. The fourth-order valence-electron chi connectivity index (χ4n) is 2.82. The molecule has 1 aliphatic rings. The maximum absolute atomic E-state index is 12.6. The average Bonchev–Trinajstić information content (AvgIpc) is 3.17. The Kier molecular flexibility index (Phi) is 3.62. The normalized spacial score (nSPS) is 13.0. The summed E-state index contributed by atoms with van der Waals surface area (Å²) in [6.45, 7) is 1.71. The SMILES string of the molecule is Cc1cc(NC(=O)c2cccc(N3C(=O)c4ccccc4C3=O)c2)no1. The van der Waals surface area contributed by atoms with Gasteiger partial charge in [0.15, 0.2) is 5.82 Å². The summed E-state index contributed by atoms with van der Waals surface area (Å²) in [5.41, 5.74) is 1.33. The van der Waals surface area contributed by atoms with Gasteiger partial charge in [-0.1, -0.05) is 23.4 Å². The molecule has 1 aliphatic heterocycles. The predicted octanol–water partition coefficient (Wildman–Crippen LogP) is 3.04. The highest BCUT2D eigenvalue weighted by atomic mass is 16.5. The molecule has 26 heavy (non-hydrogen) atoms. The lowest BCUT2D eigenvalue weighted by Crippen LogP contribution is -2.29. The van der Waals surface area contributed by atoms with Crippen LogP contribution >= 0.6 is 0 Å². The average molecular weight is 347 g/mol. The zero-order valence-corrected chi connectivity index (χ0v) is 13.7. The van der Waals surface area contributed by atoms with Gasteiger partial charge in [0.1, 0.15) is 5.76 Å². The van der Waals surface area contributed by atoms with Gasteiger partial charge in [-0.2, -0.15) is 0 Å². The first-order valence-corrected chi connectivity index (χ1v) is 7.87.